The first-order valence-electron chi connectivity index (χ1n) is 10.5. The molecule has 3 aromatic rings. The summed E-state index contributed by atoms with van der Waals surface area (Å²) in [5, 5.41) is 2.71. The Morgan fingerprint density at radius 3 is 2.44 bits per heavy atom. The molecule has 0 radical (unpaired) electrons. The maximum atomic E-state index is 13.3. The van der Waals surface area contributed by atoms with Gasteiger partial charge < -0.3 is 4.74 Å². The standard InChI is InChI=1S/C26H20BrClN2O4/c1-2-34-21-11-9-20(10-12-21)30-25(32)22(24(31)29-26(30)33)15-18-14-19(28)8-7-16(18)13-17-5-3-4-6-23(17)27/h3-12,14-15H,2,13H2,1H3,(H,29,31,33)/b22-15+. The molecule has 0 atom stereocenters. The lowest BCUT2D eigenvalue weighted by molar-refractivity contribution is -0.122. The number of imide groups is 2. The number of carbonyl (C=O) groups excluding carboxylic acids is 3. The quantitative estimate of drug-likeness (QED) is 0.319. The molecule has 1 N–H and O–H groups in total. The maximum Gasteiger partial charge on any atom is 0.335 e. The number of ether oxygens (including phenoxy) is 1. The second kappa shape index (κ2) is 10.2. The average molecular weight is 540 g/mol. The highest BCUT2D eigenvalue weighted by Crippen LogP contribution is 2.28. The molecule has 1 aliphatic rings. The van der Waals surface area contributed by atoms with Gasteiger partial charge in [-0.05, 0) is 78.6 Å². The predicted octanol–water partition coefficient (Wildman–Crippen LogP) is 5.76. The third-order valence-electron chi connectivity index (χ3n) is 5.25. The molecule has 172 valence electrons. The van der Waals surface area contributed by atoms with Crippen molar-refractivity contribution < 1.29 is 19.1 Å². The van der Waals surface area contributed by atoms with E-state index in [2.05, 4.69) is 21.2 Å². The van der Waals surface area contributed by atoms with Crippen LogP contribution in [0.15, 0.2) is 76.8 Å². The summed E-state index contributed by atoms with van der Waals surface area (Å²) >= 11 is 9.78. The summed E-state index contributed by atoms with van der Waals surface area (Å²) < 4.78 is 6.36. The van der Waals surface area contributed by atoms with Crippen LogP contribution in [-0.2, 0) is 16.0 Å². The van der Waals surface area contributed by atoms with Gasteiger partial charge in [-0.2, -0.15) is 0 Å². The van der Waals surface area contributed by atoms with E-state index in [1.165, 1.54) is 6.08 Å². The summed E-state index contributed by atoms with van der Waals surface area (Å²) in [6, 6.07) is 18.8. The van der Waals surface area contributed by atoms with Crippen molar-refractivity contribution in [3.63, 3.8) is 0 Å². The molecule has 0 bridgehead atoms. The first kappa shape index (κ1) is 23.7. The molecule has 1 fully saturated rings. The molecule has 1 aliphatic heterocycles. The lowest BCUT2D eigenvalue weighted by atomic mass is 9.97. The van der Waals surface area contributed by atoms with Gasteiger partial charge in [0.05, 0.1) is 12.3 Å². The van der Waals surface area contributed by atoms with E-state index in [1.807, 2.05) is 37.3 Å². The first-order valence-corrected chi connectivity index (χ1v) is 11.7. The van der Waals surface area contributed by atoms with Crippen molar-refractivity contribution in [2.45, 2.75) is 13.3 Å². The molecular formula is C26H20BrClN2O4. The molecule has 4 rings (SSSR count). The van der Waals surface area contributed by atoms with E-state index in [0.29, 0.717) is 35.1 Å². The number of nitrogens with one attached hydrogen (secondary N) is 1. The van der Waals surface area contributed by atoms with Crippen molar-refractivity contribution in [1.82, 2.24) is 5.32 Å². The van der Waals surface area contributed by atoms with Crippen molar-refractivity contribution in [2.75, 3.05) is 11.5 Å². The van der Waals surface area contributed by atoms with Crippen molar-refractivity contribution in [3.8, 4) is 5.75 Å². The highest BCUT2D eigenvalue weighted by molar-refractivity contribution is 9.10. The van der Waals surface area contributed by atoms with E-state index < -0.39 is 17.8 Å². The lowest BCUT2D eigenvalue weighted by Gasteiger charge is -2.26. The second-order valence-electron chi connectivity index (χ2n) is 7.50. The number of barbiturate groups is 1. The molecule has 0 spiro atoms. The van der Waals surface area contributed by atoms with Crippen LogP contribution in [0.3, 0.4) is 0 Å². The average Bonchev–Trinajstić information content (AvgIpc) is 2.81. The summed E-state index contributed by atoms with van der Waals surface area (Å²) in [6.07, 6.45) is 2.03. The minimum Gasteiger partial charge on any atom is -0.494 e. The maximum absolute atomic E-state index is 13.3. The van der Waals surface area contributed by atoms with Crippen molar-refractivity contribution >= 4 is 57.1 Å². The largest absolute Gasteiger partial charge is 0.494 e. The van der Waals surface area contributed by atoms with Gasteiger partial charge in [-0.1, -0.05) is 51.8 Å². The first-order chi connectivity index (χ1) is 16.4. The SMILES string of the molecule is CCOc1ccc(N2C(=O)NC(=O)/C(=C\c3cc(Cl)ccc3Cc3ccccc3Br)C2=O)cc1. The smallest absolute Gasteiger partial charge is 0.335 e. The Kier molecular flexibility index (Phi) is 7.14. The number of hydrogen-bond acceptors (Lipinski definition) is 4. The van der Waals surface area contributed by atoms with Crippen molar-refractivity contribution in [2.24, 2.45) is 0 Å². The highest BCUT2D eigenvalue weighted by Gasteiger charge is 2.37. The topological polar surface area (TPSA) is 75.7 Å². The van der Waals surface area contributed by atoms with Gasteiger partial charge in [-0.25, -0.2) is 9.69 Å². The number of anilines is 1. The molecule has 0 unspecified atom stereocenters. The highest BCUT2D eigenvalue weighted by atomic mass is 79.9. The Bertz CT molecular complexity index is 1300. The fourth-order valence-corrected chi connectivity index (χ4v) is 4.22. The fraction of sp³-hybridized carbons (Fsp3) is 0.115. The Balaban J connectivity index is 1.71. The molecular weight excluding hydrogens is 520 g/mol. The van der Waals surface area contributed by atoms with Crippen LogP contribution in [0.5, 0.6) is 5.75 Å². The van der Waals surface area contributed by atoms with Gasteiger partial charge in [0.1, 0.15) is 11.3 Å². The zero-order valence-corrected chi connectivity index (χ0v) is 20.5. The molecule has 3 aromatic carbocycles. The van der Waals surface area contributed by atoms with E-state index >= 15 is 0 Å². The Morgan fingerprint density at radius 1 is 1.00 bits per heavy atom. The molecule has 4 amide bonds. The van der Waals surface area contributed by atoms with Crippen LogP contribution in [0.1, 0.15) is 23.6 Å². The molecule has 0 aliphatic carbocycles. The van der Waals surface area contributed by atoms with E-state index in [4.69, 9.17) is 16.3 Å². The van der Waals surface area contributed by atoms with Crippen molar-refractivity contribution in [3.05, 3.63) is 98.5 Å². The Hall–Kier alpha value is -3.42. The number of rotatable bonds is 6. The number of halogens is 2. The number of benzene rings is 3. The third-order valence-corrected chi connectivity index (χ3v) is 6.26. The summed E-state index contributed by atoms with van der Waals surface area (Å²) in [6.45, 7) is 2.35. The number of amides is 4. The number of nitrogens with zero attached hydrogens (tertiary/aromatic N) is 1. The van der Waals surface area contributed by atoms with Crippen LogP contribution < -0.4 is 15.0 Å². The lowest BCUT2D eigenvalue weighted by Crippen LogP contribution is -2.54. The van der Waals surface area contributed by atoms with Crippen LogP contribution in [0, 0.1) is 0 Å². The van der Waals surface area contributed by atoms with E-state index in [0.717, 1.165) is 20.5 Å². The zero-order chi connectivity index (χ0) is 24.2. The summed E-state index contributed by atoms with van der Waals surface area (Å²) in [5.41, 5.74) is 2.68. The number of urea groups is 1. The summed E-state index contributed by atoms with van der Waals surface area (Å²) in [4.78, 5) is 39.4. The van der Waals surface area contributed by atoms with Crippen molar-refractivity contribution in [1.29, 1.82) is 0 Å². The van der Waals surface area contributed by atoms with Crippen LogP contribution in [0.25, 0.3) is 6.08 Å². The van der Waals surface area contributed by atoms with Crippen LogP contribution >= 0.6 is 27.5 Å². The van der Waals surface area contributed by atoms with Gasteiger partial charge in [0.15, 0.2) is 0 Å². The van der Waals surface area contributed by atoms with Gasteiger partial charge in [-0.15, -0.1) is 0 Å². The second-order valence-corrected chi connectivity index (χ2v) is 8.79. The van der Waals surface area contributed by atoms with Crippen LogP contribution in [-0.4, -0.2) is 24.5 Å². The van der Waals surface area contributed by atoms with E-state index in [-0.39, 0.29) is 5.57 Å². The predicted molar refractivity (Wildman–Crippen MR) is 135 cm³/mol. The third kappa shape index (κ3) is 5.05. The van der Waals surface area contributed by atoms with Crippen LogP contribution in [0.4, 0.5) is 10.5 Å². The molecule has 34 heavy (non-hydrogen) atoms. The molecule has 0 saturated carbocycles. The van der Waals surface area contributed by atoms with Crippen LogP contribution in [0.2, 0.25) is 5.02 Å². The number of hydrogen-bond donors (Lipinski definition) is 1. The molecule has 6 nitrogen and oxygen atoms in total. The minimum atomic E-state index is -0.809. The van der Waals surface area contributed by atoms with Gasteiger partial charge in [0.2, 0.25) is 0 Å². The fourth-order valence-electron chi connectivity index (χ4n) is 3.61. The van der Waals surface area contributed by atoms with E-state index in [9.17, 15) is 14.4 Å². The number of carbonyl (C=O) groups is 3. The molecule has 1 saturated heterocycles. The monoisotopic (exact) mass is 538 g/mol. The summed E-state index contributed by atoms with van der Waals surface area (Å²) in [5.74, 6) is -0.868. The van der Waals surface area contributed by atoms with Gasteiger partial charge in [0, 0.05) is 9.50 Å². The Morgan fingerprint density at radius 2 is 1.74 bits per heavy atom. The zero-order valence-electron chi connectivity index (χ0n) is 18.2. The molecule has 0 aromatic heterocycles. The van der Waals surface area contributed by atoms with E-state index in [1.54, 1.807) is 36.4 Å². The van der Waals surface area contributed by atoms with Gasteiger partial charge >= 0.3 is 6.03 Å². The molecule has 1 heterocycles. The Labute approximate surface area is 210 Å². The summed E-state index contributed by atoms with van der Waals surface area (Å²) in [7, 11) is 0. The normalized spacial score (nSPS) is 15.0. The minimum absolute atomic E-state index is 0.163. The van der Waals surface area contributed by atoms with Gasteiger partial charge in [-0.3, -0.25) is 14.9 Å². The molecule has 8 heteroatoms. The van der Waals surface area contributed by atoms with Gasteiger partial charge in [0.25, 0.3) is 11.8 Å².